The summed E-state index contributed by atoms with van der Waals surface area (Å²) in [5, 5.41) is 7.96. The first-order chi connectivity index (χ1) is 14.6. The van der Waals surface area contributed by atoms with Gasteiger partial charge in [-0.25, -0.2) is 0 Å². The molecule has 3 aromatic rings. The van der Waals surface area contributed by atoms with E-state index in [9.17, 15) is 4.79 Å². The number of hydrogen-bond acceptors (Lipinski definition) is 6. The van der Waals surface area contributed by atoms with Crippen LogP contribution in [0.3, 0.4) is 0 Å². The van der Waals surface area contributed by atoms with Crippen molar-refractivity contribution in [1.82, 2.24) is 9.78 Å². The second-order valence-electron chi connectivity index (χ2n) is 6.85. The number of anilines is 2. The fourth-order valence-electron chi connectivity index (χ4n) is 3.07. The molecule has 0 aliphatic heterocycles. The zero-order valence-electron chi connectivity index (χ0n) is 17.9. The molecule has 0 atom stereocenters. The topological polar surface area (TPSA) is 68.6 Å². The maximum absolute atomic E-state index is 13.2. The summed E-state index contributed by atoms with van der Waals surface area (Å²) in [6.45, 7) is 3.99. The lowest BCUT2D eigenvalue weighted by molar-refractivity contribution is 0.211. The number of nitrogens with zero attached hydrogens (tertiary/aromatic N) is 3. The van der Waals surface area contributed by atoms with Gasteiger partial charge in [-0.2, -0.15) is 9.78 Å². The van der Waals surface area contributed by atoms with Crippen LogP contribution < -0.4 is 20.5 Å². The first-order valence-corrected chi connectivity index (χ1v) is 9.90. The molecule has 158 valence electrons. The molecule has 0 saturated heterocycles. The van der Waals surface area contributed by atoms with E-state index in [1.807, 2.05) is 73.5 Å². The molecular weight excluding hydrogens is 380 g/mol. The zero-order chi connectivity index (χ0) is 21.5. The van der Waals surface area contributed by atoms with E-state index in [-0.39, 0.29) is 5.56 Å². The van der Waals surface area contributed by atoms with Crippen LogP contribution in [0.4, 0.5) is 11.4 Å². The molecule has 3 rings (SSSR count). The van der Waals surface area contributed by atoms with E-state index in [1.54, 1.807) is 14.2 Å². The molecule has 30 heavy (non-hydrogen) atoms. The minimum absolute atomic E-state index is 0.167. The normalized spacial score (nSPS) is 10.7. The Hall–Kier alpha value is -3.32. The summed E-state index contributed by atoms with van der Waals surface area (Å²) in [4.78, 5) is 15.2. The van der Waals surface area contributed by atoms with Crippen LogP contribution in [-0.2, 0) is 4.74 Å². The molecular formula is C23H28N4O3. The number of hydrogen-bond donors (Lipinski definition) is 1. The minimum atomic E-state index is -0.167. The van der Waals surface area contributed by atoms with Crippen LogP contribution in [0.15, 0.2) is 59.4 Å². The van der Waals surface area contributed by atoms with Gasteiger partial charge >= 0.3 is 0 Å². The van der Waals surface area contributed by atoms with E-state index < -0.39 is 0 Å². The predicted octanol–water partition coefficient (Wildman–Crippen LogP) is 3.42. The van der Waals surface area contributed by atoms with Crippen molar-refractivity contribution < 1.29 is 9.47 Å². The van der Waals surface area contributed by atoms with Gasteiger partial charge in [0.25, 0.3) is 5.56 Å². The van der Waals surface area contributed by atoms with Crippen LogP contribution in [0, 0.1) is 0 Å². The molecule has 0 fully saturated rings. The molecule has 1 aromatic heterocycles. The highest BCUT2D eigenvalue weighted by Gasteiger charge is 2.15. The Bertz CT molecular complexity index is 1050. The molecule has 2 aromatic carbocycles. The Morgan fingerprint density at radius 1 is 1.10 bits per heavy atom. The molecule has 0 aliphatic rings. The largest absolute Gasteiger partial charge is 0.497 e. The van der Waals surface area contributed by atoms with Gasteiger partial charge in [-0.1, -0.05) is 18.2 Å². The number of aromatic nitrogens is 2. The number of benzene rings is 2. The van der Waals surface area contributed by atoms with E-state index in [2.05, 4.69) is 10.4 Å². The highest BCUT2D eigenvalue weighted by molar-refractivity contribution is 5.66. The minimum Gasteiger partial charge on any atom is -0.497 e. The highest BCUT2D eigenvalue weighted by Crippen LogP contribution is 2.25. The van der Waals surface area contributed by atoms with Crippen molar-refractivity contribution in [2.75, 3.05) is 51.2 Å². The first kappa shape index (κ1) is 21.4. The molecule has 0 spiro atoms. The smallest absolute Gasteiger partial charge is 0.295 e. The average Bonchev–Trinajstić information content (AvgIpc) is 2.79. The Kier molecular flexibility index (Phi) is 7.08. The van der Waals surface area contributed by atoms with Crippen molar-refractivity contribution in [3.8, 4) is 22.7 Å². The molecule has 1 N–H and O–H groups in total. The quantitative estimate of drug-likeness (QED) is 0.547. The summed E-state index contributed by atoms with van der Waals surface area (Å²) in [5.74, 6) is 0.738. The molecule has 7 nitrogen and oxygen atoms in total. The van der Waals surface area contributed by atoms with Gasteiger partial charge in [0.2, 0.25) is 0 Å². The van der Waals surface area contributed by atoms with E-state index in [4.69, 9.17) is 9.47 Å². The maximum atomic E-state index is 13.2. The molecule has 0 radical (unpaired) electrons. The SMILES string of the molecule is CCN(C)c1cc(-c2cccc(OC)c2)nn(-c2cccc(NCCOC)c2)c1=O. The molecule has 7 heteroatoms. The summed E-state index contributed by atoms with van der Waals surface area (Å²) in [5.41, 5.74) is 3.58. The summed E-state index contributed by atoms with van der Waals surface area (Å²) in [7, 11) is 5.20. The van der Waals surface area contributed by atoms with Gasteiger partial charge in [0, 0.05) is 38.5 Å². The Balaban J connectivity index is 2.12. The Morgan fingerprint density at radius 3 is 2.63 bits per heavy atom. The zero-order valence-corrected chi connectivity index (χ0v) is 17.9. The molecule has 0 saturated carbocycles. The van der Waals surface area contributed by atoms with Gasteiger partial charge in [0.1, 0.15) is 11.4 Å². The van der Waals surface area contributed by atoms with Crippen LogP contribution in [0.2, 0.25) is 0 Å². The summed E-state index contributed by atoms with van der Waals surface area (Å²) >= 11 is 0. The standard InChI is InChI=1S/C23H28N4O3/c1-5-26(2)22-16-21(17-8-6-11-20(14-17)30-4)25-27(23(22)28)19-10-7-9-18(15-19)24-12-13-29-3/h6-11,14-16,24H,5,12-13H2,1-4H3. The lowest BCUT2D eigenvalue weighted by Gasteiger charge is -2.19. The van der Waals surface area contributed by atoms with Gasteiger partial charge in [0.05, 0.1) is 25.1 Å². The third-order valence-corrected chi connectivity index (χ3v) is 4.87. The number of ether oxygens (including phenoxy) is 2. The van der Waals surface area contributed by atoms with Gasteiger partial charge in [-0.15, -0.1) is 0 Å². The van der Waals surface area contributed by atoms with Crippen LogP contribution >= 0.6 is 0 Å². The number of rotatable bonds is 9. The van der Waals surface area contributed by atoms with Crippen molar-refractivity contribution in [3.05, 3.63) is 65.0 Å². The summed E-state index contributed by atoms with van der Waals surface area (Å²) in [6.07, 6.45) is 0. The van der Waals surface area contributed by atoms with E-state index in [0.717, 1.165) is 17.0 Å². The fourth-order valence-corrected chi connectivity index (χ4v) is 3.07. The van der Waals surface area contributed by atoms with Crippen LogP contribution in [0.5, 0.6) is 5.75 Å². The van der Waals surface area contributed by atoms with Crippen LogP contribution in [-0.4, -0.2) is 50.7 Å². The highest BCUT2D eigenvalue weighted by atomic mass is 16.5. The molecule has 0 aliphatic carbocycles. The second kappa shape index (κ2) is 9.93. The van der Waals surface area contributed by atoms with E-state index in [1.165, 1.54) is 4.68 Å². The number of nitrogens with one attached hydrogen (secondary N) is 1. The van der Waals surface area contributed by atoms with Gasteiger partial charge < -0.3 is 19.7 Å². The third kappa shape index (κ3) is 4.80. The third-order valence-electron chi connectivity index (χ3n) is 4.87. The Morgan fingerprint density at radius 2 is 1.90 bits per heavy atom. The monoisotopic (exact) mass is 408 g/mol. The van der Waals surface area contributed by atoms with Crippen molar-refractivity contribution in [2.24, 2.45) is 0 Å². The number of methoxy groups -OCH3 is 2. The molecule has 0 amide bonds. The van der Waals surface area contributed by atoms with Gasteiger partial charge in [-0.3, -0.25) is 4.79 Å². The Labute approximate surface area is 176 Å². The maximum Gasteiger partial charge on any atom is 0.295 e. The van der Waals surface area contributed by atoms with Crippen LogP contribution in [0.25, 0.3) is 16.9 Å². The first-order valence-electron chi connectivity index (χ1n) is 9.90. The summed E-state index contributed by atoms with van der Waals surface area (Å²) < 4.78 is 11.9. The molecule has 0 unspecified atom stereocenters. The predicted molar refractivity (Wildman–Crippen MR) is 121 cm³/mol. The molecule has 0 bridgehead atoms. The van der Waals surface area contributed by atoms with Crippen molar-refractivity contribution in [1.29, 1.82) is 0 Å². The van der Waals surface area contributed by atoms with E-state index in [0.29, 0.717) is 36.8 Å². The molecule has 1 heterocycles. The second-order valence-corrected chi connectivity index (χ2v) is 6.85. The average molecular weight is 409 g/mol. The van der Waals surface area contributed by atoms with Gasteiger partial charge in [0.15, 0.2) is 0 Å². The lowest BCUT2D eigenvalue weighted by Crippen LogP contribution is -2.30. The van der Waals surface area contributed by atoms with Gasteiger partial charge in [-0.05, 0) is 43.3 Å². The van der Waals surface area contributed by atoms with Crippen LogP contribution in [0.1, 0.15) is 6.92 Å². The lowest BCUT2D eigenvalue weighted by atomic mass is 10.1. The van der Waals surface area contributed by atoms with Crippen molar-refractivity contribution in [3.63, 3.8) is 0 Å². The van der Waals surface area contributed by atoms with E-state index >= 15 is 0 Å². The summed E-state index contributed by atoms with van der Waals surface area (Å²) in [6, 6.07) is 17.1. The van der Waals surface area contributed by atoms with Crippen molar-refractivity contribution >= 4 is 11.4 Å². The fraction of sp³-hybridized carbons (Fsp3) is 0.304. The van der Waals surface area contributed by atoms with Crippen molar-refractivity contribution in [2.45, 2.75) is 6.92 Å².